The summed E-state index contributed by atoms with van der Waals surface area (Å²) < 4.78 is 24.8. The summed E-state index contributed by atoms with van der Waals surface area (Å²) in [5.74, 6) is 0.726. The van der Waals surface area contributed by atoms with Crippen LogP contribution in [-0.2, 0) is 18.6 Å². The molecule has 1 aliphatic rings. The van der Waals surface area contributed by atoms with Crippen LogP contribution in [0.5, 0.6) is 0 Å². The molecule has 0 saturated carbocycles. The minimum absolute atomic E-state index is 0.0271. The Morgan fingerprint density at radius 3 is 2.46 bits per heavy atom. The van der Waals surface area contributed by atoms with E-state index in [1.807, 2.05) is 26.8 Å². The first-order valence-electron chi connectivity index (χ1n) is 12.3. The van der Waals surface area contributed by atoms with E-state index in [1.54, 1.807) is 6.08 Å². The van der Waals surface area contributed by atoms with Gasteiger partial charge in [0.25, 0.3) is 0 Å². The van der Waals surface area contributed by atoms with Crippen molar-refractivity contribution in [3.05, 3.63) is 61.2 Å². The van der Waals surface area contributed by atoms with Crippen molar-refractivity contribution >= 4 is 13.2 Å². The molecule has 6 nitrogen and oxygen atoms in total. The van der Waals surface area contributed by atoms with Crippen molar-refractivity contribution in [2.45, 2.75) is 66.7 Å². The van der Waals surface area contributed by atoms with Gasteiger partial charge in [0, 0.05) is 60.9 Å². The quantitative estimate of drug-likeness (QED) is 0.0846. The Balaban J connectivity index is 2.54. The molecule has 0 radical (unpaired) electrons. The van der Waals surface area contributed by atoms with Crippen LogP contribution >= 0.6 is 7.37 Å². The lowest BCUT2D eigenvalue weighted by atomic mass is 9.75. The largest absolute Gasteiger partial charge is 0.472 e. The van der Waals surface area contributed by atoms with Gasteiger partial charge in [-0.2, -0.15) is 0 Å². The van der Waals surface area contributed by atoms with Crippen molar-refractivity contribution in [3.63, 3.8) is 0 Å². The molecule has 1 fully saturated rings. The van der Waals surface area contributed by atoms with Crippen LogP contribution in [0, 0.1) is 16.7 Å². The molecule has 35 heavy (non-hydrogen) atoms. The Kier molecular flexibility index (Phi) is 11.8. The maximum atomic E-state index is 13.4. The van der Waals surface area contributed by atoms with Crippen LogP contribution in [0.1, 0.15) is 66.7 Å². The lowest BCUT2D eigenvalue weighted by Crippen LogP contribution is -2.38. The fraction of sp³-hybridized carbons (Fsp3) is 0.607. The van der Waals surface area contributed by atoms with Crippen molar-refractivity contribution in [1.29, 1.82) is 0 Å². The average Bonchev–Trinajstić information content (AvgIpc) is 2.73. The molecule has 3 N–H and O–H groups in total. The van der Waals surface area contributed by atoms with Gasteiger partial charge in [0.15, 0.2) is 6.79 Å². The number of allylic oxidation sites excluding steroid dienone is 5. The van der Waals surface area contributed by atoms with E-state index in [2.05, 4.69) is 45.5 Å². The summed E-state index contributed by atoms with van der Waals surface area (Å²) in [7, 11) is -2.87. The summed E-state index contributed by atoms with van der Waals surface area (Å²) in [5, 5.41) is 3.30. The predicted octanol–water partition coefficient (Wildman–Crippen LogP) is 6.68. The van der Waals surface area contributed by atoms with E-state index in [1.165, 1.54) is 0 Å². The number of nitrogens with two attached hydrogens (primary N) is 1. The Hall–Kier alpha value is -2.04. The van der Waals surface area contributed by atoms with E-state index in [4.69, 9.17) is 15.0 Å². The monoisotopic (exact) mass is 506 g/mol. The molecule has 1 rings (SSSR count). The van der Waals surface area contributed by atoms with Gasteiger partial charge in [0.05, 0.1) is 5.76 Å². The smallest absolute Gasteiger partial charge is 0.206 e. The van der Waals surface area contributed by atoms with E-state index in [9.17, 15) is 9.36 Å². The van der Waals surface area contributed by atoms with Gasteiger partial charge in [0.2, 0.25) is 7.37 Å². The van der Waals surface area contributed by atoms with Gasteiger partial charge in [-0.1, -0.05) is 66.0 Å². The maximum absolute atomic E-state index is 13.4. The zero-order chi connectivity index (χ0) is 26.9. The number of carbonyl (C=O) groups is 1. The zero-order valence-corrected chi connectivity index (χ0v) is 23.5. The molecule has 1 aliphatic heterocycles. The summed E-state index contributed by atoms with van der Waals surface area (Å²) in [4.78, 5) is 12.3. The van der Waals surface area contributed by atoms with Crippen molar-refractivity contribution in [3.8, 4) is 0 Å². The van der Waals surface area contributed by atoms with Gasteiger partial charge < -0.3 is 15.8 Å². The Labute approximate surface area is 213 Å². The third-order valence-corrected chi connectivity index (χ3v) is 8.93. The van der Waals surface area contributed by atoms with Crippen LogP contribution < -0.4 is 11.1 Å². The zero-order valence-electron chi connectivity index (χ0n) is 22.6. The van der Waals surface area contributed by atoms with Gasteiger partial charge >= 0.3 is 0 Å². The highest BCUT2D eigenvalue weighted by molar-refractivity contribution is 7.59. The predicted molar refractivity (Wildman–Crippen MR) is 147 cm³/mol. The first kappa shape index (κ1) is 31.0. The fourth-order valence-corrected chi connectivity index (χ4v) is 6.68. The fourth-order valence-electron chi connectivity index (χ4n) is 3.83. The van der Waals surface area contributed by atoms with E-state index in [0.717, 1.165) is 17.7 Å². The standard InChI is InChI=1S/C28H47N2O4P/c1-10-11-24(29)18-21(2)12-13-25(31)14-16-30-22(3)26-19-35(32,17-15-28(26,8)9)34-20-33-23(4)27(5,6)7/h10,18,26,30H,1-4,11-17,19-20,29H2,5-9H3/b24-18-/t26-,35?/m0/s1. The van der Waals surface area contributed by atoms with Crippen LogP contribution in [0.25, 0.3) is 0 Å². The first-order chi connectivity index (χ1) is 16.1. The van der Waals surface area contributed by atoms with Crippen molar-refractivity contribution < 1.29 is 18.6 Å². The third-order valence-electron chi connectivity index (χ3n) is 6.53. The molecular formula is C28H47N2O4P. The van der Waals surface area contributed by atoms with Gasteiger partial charge in [-0.05, 0) is 24.3 Å². The second-order valence-electron chi connectivity index (χ2n) is 11.2. The molecule has 2 atom stereocenters. The molecule has 0 amide bonds. The molecule has 0 spiro atoms. The lowest BCUT2D eigenvalue weighted by molar-refractivity contribution is -0.118. The van der Waals surface area contributed by atoms with E-state index >= 15 is 0 Å². The van der Waals surface area contributed by atoms with Crippen LogP contribution in [0.3, 0.4) is 0 Å². The molecule has 0 aliphatic carbocycles. The molecule has 0 aromatic rings. The summed E-state index contributed by atoms with van der Waals surface area (Å²) in [5.41, 5.74) is 7.92. The minimum atomic E-state index is -2.87. The number of hydrogen-bond acceptors (Lipinski definition) is 6. The summed E-state index contributed by atoms with van der Waals surface area (Å²) >= 11 is 0. The molecule has 7 heteroatoms. The number of Topliss-reactive ketones (excluding diaryl/α,β-unsaturated/α-hetero) is 1. The van der Waals surface area contributed by atoms with Crippen LogP contribution in [0.2, 0.25) is 0 Å². The summed E-state index contributed by atoms with van der Waals surface area (Å²) in [6, 6.07) is 0. The number of rotatable bonds is 15. The highest BCUT2D eigenvalue weighted by atomic mass is 31.2. The summed E-state index contributed by atoms with van der Waals surface area (Å²) in [6.45, 7) is 26.5. The summed E-state index contributed by atoms with van der Waals surface area (Å²) in [6.07, 6.45) is 7.23. The molecule has 198 valence electrons. The second kappa shape index (κ2) is 13.3. The molecular weight excluding hydrogens is 459 g/mol. The van der Waals surface area contributed by atoms with Gasteiger partial charge in [0.1, 0.15) is 5.78 Å². The number of nitrogens with one attached hydrogen (secondary N) is 1. The van der Waals surface area contributed by atoms with Gasteiger partial charge in [-0.15, -0.1) is 6.58 Å². The lowest BCUT2D eigenvalue weighted by Gasteiger charge is -2.42. The Bertz CT molecular complexity index is 880. The van der Waals surface area contributed by atoms with Crippen molar-refractivity contribution in [2.24, 2.45) is 22.5 Å². The minimum Gasteiger partial charge on any atom is -0.472 e. The highest BCUT2D eigenvalue weighted by Gasteiger charge is 2.44. The van der Waals surface area contributed by atoms with E-state index in [-0.39, 0.29) is 29.3 Å². The number of hydrogen-bond donors (Lipinski definition) is 2. The molecule has 0 bridgehead atoms. The molecule has 0 aromatic carbocycles. The molecule has 1 unspecified atom stereocenters. The molecule has 1 saturated heterocycles. The number of ether oxygens (including phenoxy) is 1. The third kappa shape index (κ3) is 11.0. The first-order valence-corrected chi connectivity index (χ1v) is 14.3. The van der Waals surface area contributed by atoms with Gasteiger partial charge in [-0.3, -0.25) is 13.9 Å². The Morgan fingerprint density at radius 1 is 1.20 bits per heavy atom. The topological polar surface area (TPSA) is 90.7 Å². The van der Waals surface area contributed by atoms with Crippen LogP contribution in [0.15, 0.2) is 61.2 Å². The number of carbonyl (C=O) groups excluding carboxylic acids is 1. The average molecular weight is 507 g/mol. The highest BCUT2D eigenvalue weighted by Crippen LogP contribution is 2.59. The number of ketones is 1. The Morgan fingerprint density at radius 2 is 1.86 bits per heavy atom. The molecule has 0 aromatic heterocycles. The van der Waals surface area contributed by atoms with Gasteiger partial charge in [-0.25, -0.2) is 0 Å². The SMILES string of the molecule is C=CC/C(N)=C/C(=C)CCC(=O)CCNC(=C)[C@@H]1CP(=O)(OCOC(=C)C(C)(C)C)CCC1(C)C. The molecule has 1 heterocycles. The van der Waals surface area contributed by atoms with Crippen LogP contribution in [-0.4, -0.2) is 31.4 Å². The second-order valence-corrected chi connectivity index (χ2v) is 13.9. The van der Waals surface area contributed by atoms with E-state index < -0.39 is 7.37 Å². The maximum Gasteiger partial charge on any atom is 0.206 e. The van der Waals surface area contributed by atoms with Crippen molar-refractivity contribution in [1.82, 2.24) is 5.32 Å². The van der Waals surface area contributed by atoms with Crippen molar-refractivity contribution in [2.75, 3.05) is 25.7 Å². The van der Waals surface area contributed by atoms with E-state index in [0.29, 0.717) is 56.0 Å². The van der Waals surface area contributed by atoms with Crippen LogP contribution in [0.4, 0.5) is 0 Å². The normalized spacial score (nSPS) is 22.2.